The molecule has 1 atom stereocenters. The number of hydrogen-bond donors (Lipinski definition) is 1. The number of aromatic amines is 1. The monoisotopic (exact) mass is 250 g/mol. The molecule has 1 aromatic heterocycles. The normalized spacial score (nSPS) is 12.2. The van der Waals surface area contributed by atoms with Crippen molar-refractivity contribution in [3.63, 3.8) is 0 Å². The van der Waals surface area contributed by atoms with Crippen molar-refractivity contribution in [3.8, 4) is 0 Å². The summed E-state index contributed by atoms with van der Waals surface area (Å²) in [5, 5.41) is 0. The molecule has 1 aromatic rings. The molecule has 0 fully saturated rings. The third-order valence-electron chi connectivity index (χ3n) is 3.19. The van der Waals surface area contributed by atoms with Gasteiger partial charge in [0.1, 0.15) is 5.56 Å². The van der Waals surface area contributed by atoms with Gasteiger partial charge in [0.05, 0.1) is 0 Å². The summed E-state index contributed by atoms with van der Waals surface area (Å²) in [5.41, 5.74) is 0.0115. The van der Waals surface area contributed by atoms with E-state index in [0.717, 1.165) is 19.3 Å². The summed E-state index contributed by atoms with van der Waals surface area (Å²) in [4.78, 5) is 28.7. The molecule has 0 bridgehead atoms. The van der Waals surface area contributed by atoms with Crippen molar-refractivity contribution >= 4 is 5.91 Å². The molecule has 0 radical (unpaired) electrons. The zero-order valence-electron chi connectivity index (χ0n) is 11.4. The van der Waals surface area contributed by atoms with Gasteiger partial charge >= 0.3 is 0 Å². The minimum absolute atomic E-state index is 0.156. The molecule has 100 valence electrons. The van der Waals surface area contributed by atoms with Crippen molar-refractivity contribution in [2.45, 2.75) is 46.1 Å². The molecular formula is C14H22N2O2. The maximum Gasteiger partial charge on any atom is 0.259 e. The Labute approximate surface area is 108 Å². The van der Waals surface area contributed by atoms with Gasteiger partial charge in [-0.2, -0.15) is 0 Å². The maximum absolute atomic E-state index is 12.4. The van der Waals surface area contributed by atoms with Gasteiger partial charge in [-0.25, -0.2) is 0 Å². The highest BCUT2D eigenvalue weighted by Gasteiger charge is 2.21. The molecule has 0 aliphatic carbocycles. The van der Waals surface area contributed by atoms with Crippen LogP contribution in [0.4, 0.5) is 0 Å². The minimum atomic E-state index is -0.219. The Kier molecular flexibility index (Phi) is 5.62. The molecule has 4 heteroatoms. The van der Waals surface area contributed by atoms with Crippen LogP contribution in [0.2, 0.25) is 0 Å². The number of amides is 1. The van der Waals surface area contributed by atoms with Gasteiger partial charge in [-0.05, 0) is 19.8 Å². The Morgan fingerprint density at radius 1 is 1.44 bits per heavy atom. The second kappa shape index (κ2) is 6.99. The lowest BCUT2D eigenvalue weighted by molar-refractivity contribution is 0.0683. The van der Waals surface area contributed by atoms with E-state index >= 15 is 0 Å². The number of carbonyl (C=O) groups is 1. The Morgan fingerprint density at radius 2 is 2.17 bits per heavy atom. The molecule has 4 nitrogen and oxygen atoms in total. The Bertz CT molecular complexity index is 439. The van der Waals surface area contributed by atoms with Crippen LogP contribution in [0.25, 0.3) is 0 Å². The first-order chi connectivity index (χ1) is 8.61. The van der Waals surface area contributed by atoms with E-state index in [1.807, 2.05) is 13.8 Å². The number of rotatable bonds is 6. The number of hydrogen-bond acceptors (Lipinski definition) is 2. The summed E-state index contributed by atoms with van der Waals surface area (Å²) >= 11 is 0. The molecule has 1 N–H and O–H groups in total. The molecule has 0 aliphatic rings. The molecule has 0 saturated carbocycles. The number of H-pyrrole nitrogens is 1. The largest absolute Gasteiger partial charge is 0.367 e. The van der Waals surface area contributed by atoms with E-state index in [4.69, 9.17) is 0 Å². The highest BCUT2D eigenvalue weighted by atomic mass is 16.2. The van der Waals surface area contributed by atoms with Crippen LogP contribution >= 0.6 is 0 Å². The van der Waals surface area contributed by atoms with Crippen LogP contribution in [0.5, 0.6) is 0 Å². The van der Waals surface area contributed by atoms with E-state index in [-0.39, 0.29) is 22.9 Å². The van der Waals surface area contributed by atoms with Gasteiger partial charge in [-0.15, -0.1) is 0 Å². The van der Waals surface area contributed by atoms with Crippen molar-refractivity contribution in [2.24, 2.45) is 0 Å². The fraction of sp³-hybridized carbons (Fsp3) is 0.571. The second-order valence-electron chi connectivity index (χ2n) is 4.53. The number of pyridine rings is 1. The molecule has 1 amide bonds. The number of aromatic nitrogens is 1. The van der Waals surface area contributed by atoms with Gasteiger partial charge in [-0.1, -0.05) is 20.3 Å². The van der Waals surface area contributed by atoms with Gasteiger partial charge < -0.3 is 9.88 Å². The van der Waals surface area contributed by atoms with Gasteiger partial charge in [-0.3, -0.25) is 9.59 Å². The fourth-order valence-corrected chi connectivity index (χ4v) is 1.81. The number of nitrogens with zero attached hydrogens (tertiary/aromatic N) is 1. The van der Waals surface area contributed by atoms with E-state index in [2.05, 4.69) is 11.9 Å². The first-order valence-electron chi connectivity index (χ1n) is 6.59. The van der Waals surface area contributed by atoms with Gasteiger partial charge in [0.15, 0.2) is 5.43 Å². The summed E-state index contributed by atoms with van der Waals surface area (Å²) < 4.78 is 0. The number of nitrogens with one attached hydrogen (secondary N) is 1. The average Bonchev–Trinajstić information content (AvgIpc) is 2.39. The first-order valence-corrected chi connectivity index (χ1v) is 6.59. The van der Waals surface area contributed by atoms with E-state index < -0.39 is 0 Å². The lowest BCUT2D eigenvalue weighted by Gasteiger charge is -2.28. The molecule has 0 aromatic carbocycles. The van der Waals surface area contributed by atoms with E-state index in [1.165, 1.54) is 12.3 Å². The first kappa shape index (κ1) is 14.5. The van der Waals surface area contributed by atoms with E-state index in [0.29, 0.717) is 6.54 Å². The summed E-state index contributed by atoms with van der Waals surface area (Å²) in [6, 6.07) is 1.55. The summed E-state index contributed by atoms with van der Waals surface area (Å²) in [6.45, 7) is 6.87. The fourth-order valence-electron chi connectivity index (χ4n) is 1.81. The van der Waals surface area contributed by atoms with Crippen LogP contribution in [-0.2, 0) is 0 Å². The lowest BCUT2D eigenvalue weighted by atomic mass is 10.1. The maximum atomic E-state index is 12.4. The van der Waals surface area contributed by atoms with Crippen molar-refractivity contribution in [1.82, 2.24) is 9.88 Å². The van der Waals surface area contributed by atoms with Crippen LogP contribution in [0.3, 0.4) is 0 Å². The average molecular weight is 250 g/mol. The minimum Gasteiger partial charge on any atom is -0.367 e. The topological polar surface area (TPSA) is 53.2 Å². The molecule has 1 unspecified atom stereocenters. The molecule has 1 rings (SSSR count). The smallest absolute Gasteiger partial charge is 0.259 e. The van der Waals surface area contributed by atoms with Crippen LogP contribution in [-0.4, -0.2) is 28.4 Å². The molecule has 18 heavy (non-hydrogen) atoms. The third kappa shape index (κ3) is 3.45. The Balaban J connectivity index is 2.95. The SMILES string of the molecule is CCCCN(C(=O)c1c[nH]ccc1=O)C(C)CC. The quantitative estimate of drug-likeness (QED) is 0.843. The highest BCUT2D eigenvalue weighted by Crippen LogP contribution is 2.09. The number of unbranched alkanes of at least 4 members (excludes halogenated alkanes) is 1. The molecule has 1 heterocycles. The standard InChI is InChI=1S/C14H22N2O2/c1-4-6-9-16(11(3)5-2)14(18)12-10-15-8-7-13(12)17/h7-8,10-11H,4-6,9H2,1-3H3,(H,15,17). The van der Waals surface area contributed by atoms with Gasteiger partial charge in [0, 0.05) is 31.0 Å². The Hall–Kier alpha value is -1.58. The van der Waals surface area contributed by atoms with E-state index in [9.17, 15) is 9.59 Å². The van der Waals surface area contributed by atoms with Crippen LogP contribution < -0.4 is 5.43 Å². The number of carbonyl (C=O) groups excluding carboxylic acids is 1. The molecule has 0 aliphatic heterocycles. The summed E-state index contributed by atoms with van der Waals surface area (Å²) in [5.74, 6) is -0.167. The summed E-state index contributed by atoms with van der Waals surface area (Å²) in [7, 11) is 0. The zero-order chi connectivity index (χ0) is 13.5. The third-order valence-corrected chi connectivity index (χ3v) is 3.19. The van der Waals surface area contributed by atoms with Crippen LogP contribution in [0.1, 0.15) is 50.4 Å². The van der Waals surface area contributed by atoms with Gasteiger partial charge in [0.25, 0.3) is 5.91 Å². The van der Waals surface area contributed by atoms with Crippen LogP contribution in [0, 0.1) is 0 Å². The van der Waals surface area contributed by atoms with Crippen LogP contribution in [0.15, 0.2) is 23.3 Å². The second-order valence-corrected chi connectivity index (χ2v) is 4.53. The van der Waals surface area contributed by atoms with E-state index in [1.54, 1.807) is 11.1 Å². The van der Waals surface area contributed by atoms with Crippen molar-refractivity contribution in [3.05, 3.63) is 34.2 Å². The molecule has 0 saturated heterocycles. The summed E-state index contributed by atoms with van der Waals surface area (Å²) in [6.07, 6.45) is 5.91. The predicted molar refractivity (Wildman–Crippen MR) is 72.8 cm³/mol. The zero-order valence-corrected chi connectivity index (χ0v) is 11.4. The van der Waals surface area contributed by atoms with Gasteiger partial charge in [0.2, 0.25) is 0 Å². The molecular weight excluding hydrogens is 228 g/mol. The van der Waals surface area contributed by atoms with Crippen molar-refractivity contribution < 1.29 is 4.79 Å². The highest BCUT2D eigenvalue weighted by molar-refractivity contribution is 5.94. The molecule has 0 spiro atoms. The van der Waals surface area contributed by atoms with Crippen molar-refractivity contribution in [1.29, 1.82) is 0 Å². The Morgan fingerprint density at radius 3 is 2.72 bits per heavy atom. The lowest BCUT2D eigenvalue weighted by Crippen LogP contribution is -2.41. The van der Waals surface area contributed by atoms with Crippen molar-refractivity contribution in [2.75, 3.05) is 6.54 Å². The predicted octanol–water partition coefficient (Wildman–Crippen LogP) is 2.42.